The first-order valence-corrected chi connectivity index (χ1v) is 18.8. The van der Waals surface area contributed by atoms with Gasteiger partial charge < -0.3 is 29.5 Å². The molecule has 3 heterocycles. The molecule has 0 bridgehead atoms. The first kappa shape index (κ1) is 35.7. The maximum atomic E-state index is 6.00. The van der Waals surface area contributed by atoms with Crippen LogP contribution in [0.15, 0.2) is 70.6 Å². The number of nitrogens with zero attached hydrogens (tertiary/aromatic N) is 8. The Hall–Kier alpha value is -4.13. The molecule has 1 aliphatic carbocycles. The van der Waals surface area contributed by atoms with Gasteiger partial charge in [-0.3, -0.25) is 19.9 Å². The van der Waals surface area contributed by atoms with Gasteiger partial charge in [-0.1, -0.05) is 18.5 Å². The molecule has 50 heavy (non-hydrogen) atoms. The van der Waals surface area contributed by atoms with Crippen LogP contribution >= 0.6 is 11.9 Å². The van der Waals surface area contributed by atoms with Gasteiger partial charge in [0.25, 0.3) is 0 Å². The van der Waals surface area contributed by atoms with Gasteiger partial charge in [0, 0.05) is 94.5 Å². The molecule has 2 aromatic carbocycles. The minimum Gasteiger partial charge on any atom is -0.495 e. The summed E-state index contributed by atoms with van der Waals surface area (Å²) in [6.07, 6.45) is 12.0. The Balaban J connectivity index is 1.24. The summed E-state index contributed by atoms with van der Waals surface area (Å²) in [7, 11) is 6.00. The molecule has 12 heteroatoms. The maximum Gasteiger partial charge on any atom is 0.144 e. The number of benzene rings is 2. The highest BCUT2D eigenvalue weighted by Gasteiger charge is 2.32. The molecule has 2 saturated heterocycles. The van der Waals surface area contributed by atoms with E-state index in [2.05, 4.69) is 77.1 Å². The van der Waals surface area contributed by atoms with E-state index in [9.17, 15) is 0 Å². The van der Waals surface area contributed by atoms with Crippen LogP contribution < -0.4 is 24.6 Å². The molecule has 2 aliphatic heterocycles. The number of aliphatic imine (C=N–C) groups is 2. The zero-order chi connectivity index (χ0) is 35.2. The molecule has 0 atom stereocenters. The van der Waals surface area contributed by atoms with Crippen molar-refractivity contribution < 1.29 is 4.74 Å². The lowest BCUT2D eigenvalue weighted by molar-refractivity contribution is 0.0982. The number of fused-ring (bicyclic) bond motifs is 1. The molecule has 1 saturated carbocycles. The fraction of sp³-hybridized carbons (Fsp3) is 0.474. The average molecular weight is 697 g/mol. The van der Waals surface area contributed by atoms with Crippen molar-refractivity contribution in [3.63, 3.8) is 0 Å². The quantitative estimate of drug-likeness (QED) is 0.0894. The van der Waals surface area contributed by atoms with Gasteiger partial charge in [-0.15, -0.1) is 0 Å². The van der Waals surface area contributed by atoms with Crippen molar-refractivity contribution >= 4 is 58.3 Å². The van der Waals surface area contributed by atoms with Crippen molar-refractivity contribution in [3.8, 4) is 5.75 Å². The summed E-state index contributed by atoms with van der Waals surface area (Å²) in [5, 5.41) is 7.16. The monoisotopic (exact) mass is 696 g/mol. The van der Waals surface area contributed by atoms with E-state index < -0.39 is 0 Å². The van der Waals surface area contributed by atoms with E-state index in [1.165, 1.54) is 63.1 Å². The van der Waals surface area contributed by atoms with Gasteiger partial charge in [-0.25, -0.2) is 4.99 Å². The van der Waals surface area contributed by atoms with Crippen molar-refractivity contribution in [2.45, 2.75) is 44.6 Å². The van der Waals surface area contributed by atoms with Gasteiger partial charge in [0.05, 0.1) is 29.7 Å². The Bertz CT molecular complexity index is 1740. The standard InChI is InChI=1S/C38H52N10OS/c1-26(2)30(24-39-3)38(44-32-11-10-31-36(41-15-14-40-31)37(32)46(5)50-7)43-25-42-33-22-29(27-8-9-27)34(23-35(33)49-6)48-16-12-28(13-17-48)47-20-18-45(4)19-21-47/h10-11,14-15,22-24,27-28,42H,1,3,8-9,12-13,16-21,25H2,2,4-7H3,(H,43,44)/b30-24-. The highest BCUT2D eigenvalue weighted by Crippen LogP contribution is 2.48. The fourth-order valence-corrected chi connectivity index (χ4v) is 7.44. The second-order valence-electron chi connectivity index (χ2n) is 13.5. The molecule has 0 spiro atoms. The summed E-state index contributed by atoms with van der Waals surface area (Å²) in [6, 6.07) is 9.21. The van der Waals surface area contributed by atoms with E-state index in [1.54, 1.807) is 37.7 Å². The molecule has 0 amide bonds. The second-order valence-corrected chi connectivity index (χ2v) is 14.4. The van der Waals surface area contributed by atoms with Gasteiger partial charge in [0.2, 0.25) is 0 Å². The Morgan fingerprint density at radius 2 is 1.80 bits per heavy atom. The molecule has 2 N–H and O–H groups in total. The summed E-state index contributed by atoms with van der Waals surface area (Å²) >= 11 is 1.60. The molecule has 0 unspecified atom stereocenters. The SMILES string of the molecule is C=N/C=C(C(=C)C)\C(=N/CNc1cc(C2CC2)c(N2CCC(N3CCN(C)CC3)CC2)cc1OC)Nc1ccc2nccnc2c1N(C)SC. The predicted molar refractivity (Wildman–Crippen MR) is 213 cm³/mol. The van der Waals surface area contributed by atoms with E-state index in [-0.39, 0.29) is 0 Å². The van der Waals surface area contributed by atoms with E-state index in [1.807, 2.05) is 32.4 Å². The molecule has 3 aromatic rings. The molecule has 0 radical (unpaired) electrons. The van der Waals surface area contributed by atoms with Gasteiger partial charge in [-0.2, -0.15) is 0 Å². The lowest BCUT2D eigenvalue weighted by Crippen LogP contribution is -2.52. The average Bonchev–Trinajstić information content (AvgIpc) is 3.99. The van der Waals surface area contributed by atoms with Crippen LogP contribution in [0.3, 0.4) is 0 Å². The van der Waals surface area contributed by atoms with Gasteiger partial charge in [0.1, 0.15) is 23.8 Å². The first-order chi connectivity index (χ1) is 24.3. The number of amidine groups is 1. The predicted octanol–water partition coefficient (Wildman–Crippen LogP) is 6.49. The van der Waals surface area contributed by atoms with Gasteiger partial charge in [-0.05, 0) is 81.6 Å². The topological polar surface area (TPSA) is 96.8 Å². The summed E-state index contributed by atoms with van der Waals surface area (Å²) in [6.45, 7) is 17.0. The smallest absolute Gasteiger partial charge is 0.144 e. The van der Waals surface area contributed by atoms with Crippen LogP contribution in [0.2, 0.25) is 0 Å². The molecule has 3 fully saturated rings. The lowest BCUT2D eigenvalue weighted by atomic mass is 9.99. The van der Waals surface area contributed by atoms with Crippen molar-refractivity contribution in [1.82, 2.24) is 19.8 Å². The zero-order valence-electron chi connectivity index (χ0n) is 30.3. The minimum absolute atomic E-state index is 0.307. The van der Waals surface area contributed by atoms with Crippen molar-refractivity contribution in [2.75, 3.05) is 93.2 Å². The number of anilines is 4. The highest BCUT2D eigenvalue weighted by atomic mass is 32.2. The van der Waals surface area contributed by atoms with Crippen molar-refractivity contribution in [3.05, 3.63) is 66.1 Å². The molecule has 3 aliphatic rings. The van der Waals surface area contributed by atoms with E-state index in [4.69, 9.17) is 9.73 Å². The van der Waals surface area contributed by atoms with Gasteiger partial charge >= 0.3 is 0 Å². The fourth-order valence-electron chi connectivity index (χ4n) is 7.07. The summed E-state index contributed by atoms with van der Waals surface area (Å²) < 4.78 is 8.07. The third-order valence-electron chi connectivity index (χ3n) is 10.1. The maximum absolute atomic E-state index is 6.00. The molecule has 6 rings (SSSR count). The minimum atomic E-state index is 0.307. The third-order valence-corrected chi connectivity index (χ3v) is 10.9. The normalized spacial score (nSPS) is 18.3. The molecule has 11 nitrogen and oxygen atoms in total. The van der Waals surface area contributed by atoms with Crippen LogP contribution in [0.25, 0.3) is 11.0 Å². The number of hydrogen-bond acceptors (Lipinski definition) is 11. The van der Waals surface area contributed by atoms with Crippen LogP contribution in [-0.4, -0.2) is 112 Å². The second kappa shape index (κ2) is 16.3. The van der Waals surface area contributed by atoms with Crippen molar-refractivity contribution in [1.29, 1.82) is 0 Å². The largest absolute Gasteiger partial charge is 0.495 e. The number of nitrogens with one attached hydrogen (secondary N) is 2. The van der Waals surface area contributed by atoms with Crippen LogP contribution in [0, 0.1) is 0 Å². The first-order valence-electron chi connectivity index (χ1n) is 17.6. The number of aromatic nitrogens is 2. The highest BCUT2D eigenvalue weighted by molar-refractivity contribution is 7.99. The number of hydrogen-bond donors (Lipinski definition) is 2. The third kappa shape index (κ3) is 8.08. The van der Waals surface area contributed by atoms with Crippen molar-refractivity contribution in [2.24, 2.45) is 9.98 Å². The van der Waals surface area contributed by atoms with Crippen LogP contribution in [0.5, 0.6) is 5.75 Å². The van der Waals surface area contributed by atoms with Crippen LogP contribution in [0.4, 0.5) is 22.7 Å². The Kier molecular flexibility index (Phi) is 11.6. The number of rotatable bonds is 13. The summed E-state index contributed by atoms with van der Waals surface area (Å²) in [4.78, 5) is 26.0. The van der Waals surface area contributed by atoms with E-state index >= 15 is 0 Å². The molecular weight excluding hydrogens is 645 g/mol. The molecular formula is C38H52N10OS. The van der Waals surface area contributed by atoms with E-state index in [0.717, 1.165) is 58.1 Å². The van der Waals surface area contributed by atoms with Crippen LogP contribution in [0.1, 0.15) is 44.1 Å². The number of likely N-dealkylation sites (N-methyl/N-ethyl adjacent to an activating group) is 1. The van der Waals surface area contributed by atoms with E-state index in [0.29, 0.717) is 24.5 Å². The Morgan fingerprint density at radius 3 is 2.46 bits per heavy atom. The Labute approximate surface area is 301 Å². The Morgan fingerprint density at radius 1 is 1.06 bits per heavy atom. The lowest BCUT2D eigenvalue weighted by Gasteiger charge is -2.43. The number of piperazine rings is 1. The number of piperidine rings is 1. The zero-order valence-corrected chi connectivity index (χ0v) is 31.1. The molecule has 266 valence electrons. The van der Waals surface area contributed by atoms with Crippen LogP contribution in [-0.2, 0) is 0 Å². The summed E-state index contributed by atoms with van der Waals surface area (Å²) in [5.41, 5.74) is 8.64. The number of methoxy groups -OCH3 is 1. The summed E-state index contributed by atoms with van der Waals surface area (Å²) in [5.74, 6) is 2.04. The molecule has 1 aromatic heterocycles. The van der Waals surface area contributed by atoms with Gasteiger partial charge in [0.15, 0.2) is 0 Å². The number of ether oxygens (including phenoxy) is 1.